The molecule has 1 atom stereocenters. The van der Waals surface area contributed by atoms with Gasteiger partial charge in [0, 0.05) is 11.8 Å². The third-order valence-corrected chi connectivity index (χ3v) is 4.34. The van der Waals surface area contributed by atoms with Gasteiger partial charge in [-0.2, -0.15) is 0 Å². The SMILES string of the molecule is Cc1ccccc1C(=O)NC(NC(=S)Nc1ccc(Cl)cn1)C(Cl)(Cl)Cl. The van der Waals surface area contributed by atoms with E-state index in [0.717, 1.165) is 5.56 Å². The highest BCUT2D eigenvalue weighted by molar-refractivity contribution is 7.80. The first-order valence-electron chi connectivity index (χ1n) is 7.29. The fraction of sp³-hybridized carbons (Fsp3) is 0.188. The van der Waals surface area contributed by atoms with Crippen LogP contribution in [0.4, 0.5) is 5.82 Å². The standard InChI is InChI=1S/C16H14Cl4N4OS/c1-9-4-2-3-5-11(9)13(25)23-14(16(18,19)20)24-15(26)22-12-7-6-10(17)8-21-12/h2-8,14H,1H3,(H,23,25)(H2,21,22,24,26). The monoisotopic (exact) mass is 450 g/mol. The fourth-order valence-corrected chi connectivity index (χ4v) is 2.63. The molecule has 1 aromatic carbocycles. The number of nitrogens with one attached hydrogen (secondary N) is 3. The number of carbonyl (C=O) groups is 1. The highest BCUT2D eigenvalue weighted by Gasteiger charge is 2.35. The molecule has 0 spiro atoms. The van der Waals surface area contributed by atoms with Crippen LogP contribution in [0.25, 0.3) is 0 Å². The largest absolute Gasteiger partial charge is 0.339 e. The second-order valence-electron chi connectivity index (χ2n) is 5.22. The van der Waals surface area contributed by atoms with Crippen LogP contribution in [-0.4, -0.2) is 26.0 Å². The average Bonchev–Trinajstić information content (AvgIpc) is 2.56. The molecule has 0 bridgehead atoms. The van der Waals surface area contributed by atoms with E-state index in [1.54, 1.807) is 24.3 Å². The van der Waals surface area contributed by atoms with Crippen molar-refractivity contribution in [1.82, 2.24) is 15.6 Å². The van der Waals surface area contributed by atoms with Crippen molar-refractivity contribution in [3.05, 3.63) is 58.7 Å². The van der Waals surface area contributed by atoms with Crippen molar-refractivity contribution in [3.63, 3.8) is 0 Å². The second kappa shape index (κ2) is 9.06. The smallest absolute Gasteiger partial charge is 0.253 e. The Morgan fingerprint density at radius 2 is 1.85 bits per heavy atom. The molecular formula is C16H14Cl4N4OS. The number of aromatic nitrogens is 1. The highest BCUT2D eigenvalue weighted by atomic mass is 35.6. The summed E-state index contributed by atoms with van der Waals surface area (Å²) in [5.41, 5.74) is 1.26. The Bertz CT molecular complexity index is 796. The molecule has 2 rings (SSSR count). The molecule has 1 unspecified atom stereocenters. The Balaban J connectivity index is 2.07. The van der Waals surface area contributed by atoms with Crippen LogP contribution in [0.1, 0.15) is 15.9 Å². The normalized spacial score (nSPS) is 12.2. The fourth-order valence-electron chi connectivity index (χ4n) is 1.97. The minimum atomic E-state index is -1.85. The van der Waals surface area contributed by atoms with Gasteiger partial charge in [0.25, 0.3) is 5.91 Å². The van der Waals surface area contributed by atoms with E-state index in [2.05, 4.69) is 20.9 Å². The number of hydrogen-bond acceptors (Lipinski definition) is 3. The quantitative estimate of drug-likeness (QED) is 0.364. The third kappa shape index (κ3) is 6.14. The van der Waals surface area contributed by atoms with Crippen molar-refractivity contribution in [2.24, 2.45) is 0 Å². The van der Waals surface area contributed by atoms with Crippen LogP contribution < -0.4 is 16.0 Å². The lowest BCUT2D eigenvalue weighted by atomic mass is 10.1. The molecule has 3 N–H and O–H groups in total. The van der Waals surface area contributed by atoms with Gasteiger partial charge in [0.15, 0.2) is 5.11 Å². The molecule has 0 fully saturated rings. The number of alkyl halides is 3. The number of amides is 1. The first-order valence-corrected chi connectivity index (χ1v) is 9.21. The summed E-state index contributed by atoms with van der Waals surface area (Å²) in [5, 5.41) is 8.80. The van der Waals surface area contributed by atoms with Gasteiger partial charge in [-0.1, -0.05) is 64.6 Å². The molecule has 0 saturated heterocycles. The molecule has 0 aliphatic carbocycles. The van der Waals surface area contributed by atoms with Crippen LogP contribution in [-0.2, 0) is 0 Å². The molecule has 1 amide bonds. The van der Waals surface area contributed by atoms with E-state index in [1.165, 1.54) is 6.20 Å². The van der Waals surface area contributed by atoms with E-state index in [0.29, 0.717) is 16.4 Å². The van der Waals surface area contributed by atoms with E-state index in [4.69, 9.17) is 58.6 Å². The molecule has 10 heteroatoms. The van der Waals surface area contributed by atoms with Gasteiger partial charge in [-0.3, -0.25) is 4.79 Å². The average molecular weight is 452 g/mol. The van der Waals surface area contributed by atoms with E-state index in [9.17, 15) is 4.79 Å². The van der Waals surface area contributed by atoms with Gasteiger partial charge in [-0.25, -0.2) is 4.98 Å². The molecule has 0 radical (unpaired) electrons. The summed E-state index contributed by atoms with van der Waals surface area (Å²) in [5.74, 6) is 0.0412. The Kier molecular flexibility index (Phi) is 7.32. The Hall–Kier alpha value is -1.31. The van der Waals surface area contributed by atoms with Crippen molar-refractivity contribution >= 4 is 75.5 Å². The maximum absolute atomic E-state index is 12.5. The van der Waals surface area contributed by atoms with E-state index >= 15 is 0 Å². The molecule has 1 heterocycles. The van der Waals surface area contributed by atoms with Gasteiger partial charge in [0.2, 0.25) is 3.79 Å². The summed E-state index contributed by atoms with van der Waals surface area (Å²) >= 11 is 28.9. The Morgan fingerprint density at radius 1 is 1.15 bits per heavy atom. The predicted molar refractivity (Wildman–Crippen MR) is 111 cm³/mol. The number of carbonyl (C=O) groups excluding carboxylic acids is 1. The molecule has 2 aromatic rings. The Labute approximate surface area is 176 Å². The number of aryl methyl sites for hydroxylation is 1. The van der Waals surface area contributed by atoms with Gasteiger partial charge in [0.1, 0.15) is 12.0 Å². The van der Waals surface area contributed by atoms with Crippen LogP contribution in [0.5, 0.6) is 0 Å². The number of nitrogens with zero attached hydrogens (tertiary/aromatic N) is 1. The maximum atomic E-state index is 12.5. The van der Waals surface area contributed by atoms with Crippen LogP contribution >= 0.6 is 58.6 Å². The zero-order valence-corrected chi connectivity index (χ0v) is 17.2. The number of anilines is 1. The van der Waals surface area contributed by atoms with Gasteiger partial charge < -0.3 is 16.0 Å². The summed E-state index contributed by atoms with van der Waals surface area (Å²) < 4.78 is -1.85. The molecule has 0 aliphatic rings. The van der Waals surface area contributed by atoms with Gasteiger partial charge in [0.05, 0.1) is 5.02 Å². The van der Waals surface area contributed by atoms with Crippen LogP contribution in [0, 0.1) is 6.92 Å². The minimum absolute atomic E-state index is 0.112. The lowest BCUT2D eigenvalue weighted by Crippen LogP contribution is -2.56. The maximum Gasteiger partial charge on any atom is 0.253 e. The van der Waals surface area contributed by atoms with Gasteiger partial charge in [-0.15, -0.1) is 0 Å². The van der Waals surface area contributed by atoms with Gasteiger partial charge in [-0.05, 0) is 42.9 Å². The van der Waals surface area contributed by atoms with Crippen LogP contribution in [0.3, 0.4) is 0 Å². The van der Waals surface area contributed by atoms with Gasteiger partial charge >= 0.3 is 0 Å². The number of pyridine rings is 1. The molecule has 138 valence electrons. The molecule has 5 nitrogen and oxygen atoms in total. The predicted octanol–water partition coefficient (Wildman–Crippen LogP) is 4.46. The number of rotatable bonds is 4. The molecular weight excluding hydrogens is 438 g/mol. The molecule has 1 aromatic heterocycles. The van der Waals surface area contributed by atoms with Crippen molar-refractivity contribution < 1.29 is 4.79 Å². The van der Waals surface area contributed by atoms with Crippen molar-refractivity contribution in [1.29, 1.82) is 0 Å². The summed E-state index contributed by atoms with van der Waals surface area (Å²) in [4.78, 5) is 16.5. The second-order valence-corrected chi connectivity index (χ2v) is 8.44. The highest BCUT2D eigenvalue weighted by Crippen LogP contribution is 2.29. The first-order chi connectivity index (χ1) is 12.2. The lowest BCUT2D eigenvalue weighted by molar-refractivity contribution is 0.0934. The molecule has 0 saturated carbocycles. The number of thiocarbonyl (C=S) groups is 1. The van der Waals surface area contributed by atoms with Crippen molar-refractivity contribution in [2.75, 3.05) is 5.32 Å². The summed E-state index contributed by atoms with van der Waals surface area (Å²) in [6, 6.07) is 10.3. The van der Waals surface area contributed by atoms with E-state index in [-0.39, 0.29) is 5.11 Å². The summed E-state index contributed by atoms with van der Waals surface area (Å²) in [7, 11) is 0. The number of benzene rings is 1. The lowest BCUT2D eigenvalue weighted by Gasteiger charge is -2.28. The Morgan fingerprint density at radius 3 is 2.42 bits per heavy atom. The van der Waals surface area contributed by atoms with Crippen LogP contribution in [0.2, 0.25) is 5.02 Å². The first kappa shape index (κ1) is 21.0. The summed E-state index contributed by atoms with van der Waals surface area (Å²) in [6.45, 7) is 1.81. The van der Waals surface area contributed by atoms with Crippen molar-refractivity contribution in [3.8, 4) is 0 Å². The van der Waals surface area contributed by atoms with E-state index in [1.807, 2.05) is 19.1 Å². The van der Waals surface area contributed by atoms with Crippen molar-refractivity contribution in [2.45, 2.75) is 16.9 Å². The zero-order chi connectivity index (χ0) is 19.3. The number of hydrogen-bond donors (Lipinski definition) is 3. The van der Waals surface area contributed by atoms with E-state index < -0.39 is 15.9 Å². The summed E-state index contributed by atoms with van der Waals surface area (Å²) in [6.07, 6.45) is 0.380. The molecule has 0 aliphatic heterocycles. The molecule has 26 heavy (non-hydrogen) atoms. The third-order valence-electron chi connectivity index (χ3n) is 3.24. The number of halogens is 4. The van der Waals surface area contributed by atoms with Crippen LogP contribution in [0.15, 0.2) is 42.6 Å². The topological polar surface area (TPSA) is 66.1 Å². The minimum Gasteiger partial charge on any atom is -0.339 e. The zero-order valence-electron chi connectivity index (χ0n) is 13.4.